The number of hydrogen-bond acceptors (Lipinski definition) is 5. The molecule has 0 aliphatic heterocycles. The number of aromatic hydroxyl groups is 1. The number of phenols is 1. The summed E-state index contributed by atoms with van der Waals surface area (Å²) in [6.45, 7) is 1.48. The number of nitrogens with one attached hydrogen (secondary N) is 3. The minimum atomic E-state index is -0.440. The maximum absolute atomic E-state index is 11.8. The minimum Gasteiger partial charge on any atom is -0.508 e. The largest absolute Gasteiger partial charge is 0.508 e. The summed E-state index contributed by atoms with van der Waals surface area (Å²) in [5.41, 5.74) is 0.977. The SMILES string of the molecule is N#C/C(=C/NCCCNC=O)C(=O)NCCc1ccc(O)cc1. The van der Waals surface area contributed by atoms with Gasteiger partial charge < -0.3 is 21.1 Å². The molecule has 2 amide bonds. The van der Waals surface area contributed by atoms with Crippen molar-refractivity contribution in [3.8, 4) is 11.8 Å². The molecule has 1 aromatic rings. The highest BCUT2D eigenvalue weighted by Crippen LogP contribution is 2.09. The number of nitriles is 1. The molecule has 0 aliphatic carbocycles. The summed E-state index contributed by atoms with van der Waals surface area (Å²) in [6.07, 6.45) is 3.29. The predicted octanol–water partition coefficient (Wildman–Crippen LogP) is 0.184. The zero-order valence-corrected chi connectivity index (χ0v) is 12.7. The molecule has 7 nitrogen and oxygen atoms in total. The third kappa shape index (κ3) is 7.52. The van der Waals surface area contributed by atoms with Gasteiger partial charge in [-0.3, -0.25) is 9.59 Å². The highest BCUT2D eigenvalue weighted by Gasteiger charge is 2.07. The number of amides is 2. The summed E-state index contributed by atoms with van der Waals surface area (Å²) in [7, 11) is 0. The van der Waals surface area contributed by atoms with Crippen LogP contribution in [-0.2, 0) is 16.0 Å². The van der Waals surface area contributed by atoms with Gasteiger partial charge in [0.05, 0.1) is 0 Å². The molecule has 0 heterocycles. The van der Waals surface area contributed by atoms with Crippen molar-refractivity contribution in [3.63, 3.8) is 0 Å². The molecule has 0 bridgehead atoms. The van der Waals surface area contributed by atoms with Gasteiger partial charge in [-0.25, -0.2) is 0 Å². The van der Waals surface area contributed by atoms with Crippen LogP contribution in [0.25, 0.3) is 0 Å². The Morgan fingerprint density at radius 3 is 2.52 bits per heavy atom. The first-order valence-electron chi connectivity index (χ1n) is 7.24. The van der Waals surface area contributed by atoms with E-state index in [0.29, 0.717) is 38.9 Å². The lowest BCUT2D eigenvalue weighted by Crippen LogP contribution is -2.28. The number of benzene rings is 1. The summed E-state index contributed by atoms with van der Waals surface area (Å²) >= 11 is 0. The second kappa shape index (κ2) is 10.7. The molecule has 0 radical (unpaired) electrons. The zero-order valence-electron chi connectivity index (χ0n) is 12.7. The van der Waals surface area contributed by atoms with Crippen molar-refractivity contribution in [2.24, 2.45) is 0 Å². The first-order valence-corrected chi connectivity index (χ1v) is 7.24. The van der Waals surface area contributed by atoms with Crippen molar-refractivity contribution in [2.45, 2.75) is 12.8 Å². The van der Waals surface area contributed by atoms with Gasteiger partial charge in [-0.15, -0.1) is 0 Å². The number of phenolic OH excluding ortho intramolecular Hbond substituents is 1. The monoisotopic (exact) mass is 316 g/mol. The van der Waals surface area contributed by atoms with E-state index in [2.05, 4.69) is 16.0 Å². The van der Waals surface area contributed by atoms with Crippen LogP contribution < -0.4 is 16.0 Å². The van der Waals surface area contributed by atoms with E-state index in [1.807, 2.05) is 6.07 Å². The van der Waals surface area contributed by atoms with Crippen molar-refractivity contribution >= 4 is 12.3 Å². The Morgan fingerprint density at radius 1 is 1.17 bits per heavy atom. The van der Waals surface area contributed by atoms with E-state index in [9.17, 15) is 14.7 Å². The highest BCUT2D eigenvalue weighted by molar-refractivity contribution is 5.97. The maximum atomic E-state index is 11.8. The predicted molar refractivity (Wildman–Crippen MR) is 85.2 cm³/mol. The van der Waals surface area contributed by atoms with Gasteiger partial charge in [-0.2, -0.15) is 5.26 Å². The third-order valence-corrected chi connectivity index (χ3v) is 2.97. The van der Waals surface area contributed by atoms with E-state index in [-0.39, 0.29) is 11.3 Å². The van der Waals surface area contributed by atoms with Crippen molar-refractivity contribution in [1.82, 2.24) is 16.0 Å². The van der Waals surface area contributed by atoms with E-state index >= 15 is 0 Å². The van der Waals surface area contributed by atoms with E-state index in [4.69, 9.17) is 5.26 Å². The number of hydrogen-bond donors (Lipinski definition) is 4. The van der Waals surface area contributed by atoms with Gasteiger partial charge in [0.15, 0.2) is 0 Å². The highest BCUT2D eigenvalue weighted by atomic mass is 16.3. The molecule has 0 unspecified atom stereocenters. The van der Waals surface area contributed by atoms with E-state index in [1.54, 1.807) is 24.3 Å². The lowest BCUT2D eigenvalue weighted by atomic mass is 10.1. The van der Waals surface area contributed by atoms with Crippen LogP contribution in [0.1, 0.15) is 12.0 Å². The fourth-order valence-electron chi connectivity index (χ4n) is 1.75. The molecule has 23 heavy (non-hydrogen) atoms. The molecule has 7 heteroatoms. The van der Waals surface area contributed by atoms with Gasteiger partial charge in [0, 0.05) is 25.8 Å². The van der Waals surface area contributed by atoms with Gasteiger partial charge in [0.2, 0.25) is 6.41 Å². The molecule has 0 saturated carbocycles. The van der Waals surface area contributed by atoms with E-state index in [1.165, 1.54) is 6.20 Å². The second-order valence-corrected chi connectivity index (χ2v) is 4.72. The number of carbonyl (C=O) groups is 2. The van der Waals surface area contributed by atoms with Gasteiger partial charge in [-0.1, -0.05) is 12.1 Å². The van der Waals surface area contributed by atoms with Gasteiger partial charge in [-0.05, 0) is 30.5 Å². The molecule has 1 aromatic carbocycles. The lowest BCUT2D eigenvalue weighted by Gasteiger charge is -2.05. The Balaban J connectivity index is 2.31. The van der Waals surface area contributed by atoms with Crippen LogP contribution in [0.5, 0.6) is 5.75 Å². The van der Waals surface area contributed by atoms with Gasteiger partial charge >= 0.3 is 0 Å². The second-order valence-electron chi connectivity index (χ2n) is 4.72. The standard InChI is InChI=1S/C16H20N4O3/c17-10-14(11-18-7-1-8-19-12-21)16(23)20-9-6-13-2-4-15(22)5-3-13/h2-5,11-12,18,22H,1,6-9H2,(H,19,21)(H,20,23)/b14-11-. The average molecular weight is 316 g/mol. The summed E-state index contributed by atoms with van der Waals surface area (Å²) in [6, 6.07) is 8.56. The summed E-state index contributed by atoms with van der Waals surface area (Å²) < 4.78 is 0. The Kier molecular flexibility index (Phi) is 8.38. The molecule has 0 fully saturated rings. The van der Waals surface area contributed by atoms with Crippen LogP contribution in [0.15, 0.2) is 36.0 Å². The molecular weight excluding hydrogens is 296 g/mol. The maximum Gasteiger partial charge on any atom is 0.263 e. The topological polar surface area (TPSA) is 114 Å². The molecule has 4 N–H and O–H groups in total. The van der Waals surface area contributed by atoms with Crippen LogP contribution in [-0.4, -0.2) is 37.1 Å². The molecule has 122 valence electrons. The molecule has 0 saturated heterocycles. The first kappa shape index (κ1) is 18.0. The van der Waals surface area contributed by atoms with Crippen LogP contribution in [0.2, 0.25) is 0 Å². The third-order valence-electron chi connectivity index (χ3n) is 2.97. The van der Waals surface area contributed by atoms with Crippen molar-refractivity contribution in [1.29, 1.82) is 5.26 Å². The van der Waals surface area contributed by atoms with Crippen LogP contribution in [0.3, 0.4) is 0 Å². The number of rotatable bonds is 10. The average Bonchev–Trinajstić information content (AvgIpc) is 2.56. The molecule has 0 aromatic heterocycles. The Hall–Kier alpha value is -3.01. The fourth-order valence-corrected chi connectivity index (χ4v) is 1.75. The molecular formula is C16H20N4O3. The quantitative estimate of drug-likeness (QED) is 0.213. The molecule has 0 aliphatic rings. The zero-order chi connectivity index (χ0) is 16.9. The summed E-state index contributed by atoms with van der Waals surface area (Å²) in [4.78, 5) is 21.9. The van der Waals surface area contributed by atoms with Gasteiger partial charge in [0.1, 0.15) is 17.4 Å². The minimum absolute atomic E-state index is 0.000877. The van der Waals surface area contributed by atoms with Crippen molar-refractivity contribution in [2.75, 3.05) is 19.6 Å². The van der Waals surface area contributed by atoms with E-state index < -0.39 is 5.91 Å². The van der Waals surface area contributed by atoms with Crippen LogP contribution in [0, 0.1) is 11.3 Å². The normalized spacial score (nSPS) is 10.5. The fraction of sp³-hybridized carbons (Fsp3) is 0.312. The summed E-state index contributed by atoms with van der Waals surface area (Å²) in [5, 5.41) is 26.2. The van der Waals surface area contributed by atoms with Crippen LogP contribution >= 0.6 is 0 Å². The Labute approximate surface area is 135 Å². The van der Waals surface area contributed by atoms with Crippen molar-refractivity contribution < 1.29 is 14.7 Å². The van der Waals surface area contributed by atoms with Gasteiger partial charge in [0.25, 0.3) is 5.91 Å². The van der Waals surface area contributed by atoms with E-state index in [0.717, 1.165) is 5.56 Å². The Morgan fingerprint density at radius 2 is 1.87 bits per heavy atom. The van der Waals surface area contributed by atoms with Crippen molar-refractivity contribution in [3.05, 3.63) is 41.6 Å². The summed E-state index contributed by atoms with van der Waals surface area (Å²) in [5.74, 6) is -0.244. The molecule has 0 spiro atoms. The first-order chi connectivity index (χ1) is 11.2. The molecule has 1 rings (SSSR count). The number of carbonyl (C=O) groups excluding carboxylic acids is 2. The lowest BCUT2D eigenvalue weighted by molar-refractivity contribution is -0.117. The smallest absolute Gasteiger partial charge is 0.263 e. The Bertz CT molecular complexity index is 576. The molecule has 0 atom stereocenters. The van der Waals surface area contributed by atoms with Crippen LogP contribution in [0.4, 0.5) is 0 Å². The number of nitrogens with zero attached hydrogens (tertiary/aromatic N) is 1.